The molecule has 2 aromatic carbocycles. The van der Waals surface area contributed by atoms with Crippen LogP contribution in [0.2, 0.25) is 5.02 Å². The van der Waals surface area contributed by atoms with Gasteiger partial charge in [-0.25, -0.2) is 8.42 Å². The second-order valence-corrected chi connectivity index (χ2v) is 9.81. The largest absolute Gasteiger partial charge is 0.484 e. The van der Waals surface area contributed by atoms with Gasteiger partial charge >= 0.3 is 0 Å². The second kappa shape index (κ2) is 8.97. The molecule has 0 saturated carbocycles. The van der Waals surface area contributed by atoms with Gasteiger partial charge in [0.1, 0.15) is 11.5 Å². The number of carbonyl (C=O) groups excluding carboxylic acids is 2. The summed E-state index contributed by atoms with van der Waals surface area (Å²) in [4.78, 5) is 25.9. The molecule has 2 heterocycles. The smallest absolute Gasteiger partial charge is 0.265 e. The van der Waals surface area contributed by atoms with Gasteiger partial charge in [-0.3, -0.25) is 9.59 Å². The molecule has 2 amide bonds. The number of hydrogen-bond acceptors (Lipinski definition) is 6. The van der Waals surface area contributed by atoms with E-state index in [4.69, 9.17) is 21.1 Å². The lowest BCUT2D eigenvalue weighted by Gasteiger charge is -2.34. The Morgan fingerprint density at radius 1 is 1.16 bits per heavy atom. The summed E-state index contributed by atoms with van der Waals surface area (Å²) >= 11 is 5.83. The standard InChI is InChI=1S/C21H22ClN3O6S/c1-14-21(27)23-18-12-17(6-7-19(18)31-14)32(28,29)25-10-8-24(9-11-25)20(26)13-30-16-4-2-15(22)3-5-16/h2-7,12,14H,8-11,13H2,1H3,(H,23,27). The van der Waals surface area contributed by atoms with Crippen LogP contribution >= 0.6 is 11.6 Å². The predicted molar refractivity (Wildman–Crippen MR) is 117 cm³/mol. The monoisotopic (exact) mass is 479 g/mol. The van der Waals surface area contributed by atoms with Crippen LogP contribution in [0.4, 0.5) is 5.69 Å². The molecule has 9 nitrogen and oxygen atoms in total. The first-order valence-electron chi connectivity index (χ1n) is 10.0. The Bertz CT molecular complexity index is 1130. The molecule has 0 radical (unpaired) electrons. The van der Waals surface area contributed by atoms with E-state index in [2.05, 4.69) is 5.32 Å². The number of ether oxygens (including phenoxy) is 2. The maximum absolute atomic E-state index is 13.1. The van der Waals surface area contributed by atoms with Gasteiger partial charge in [0, 0.05) is 31.2 Å². The molecule has 2 aliphatic rings. The average molecular weight is 480 g/mol. The molecular formula is C21H22ClN3O6S. The molecule has 32 heavy (non-hydrogen) atoms. The number of carbonyl (C=O) groups is 2. The van der Waals surface area contributed by atoms with E-state index < -0.39 is 16.1 Å². The van der Waals surface area contributed by atoms with E-state index in [0.717, 1.165) is 0 Å². The summed E-state index contributed by atoms with van der Waals surface area (Å²) in [6, 6.07) is 11.1. The van der Waals surface area contributed by atoms with Crippen LogP contribution in [-0.2, 0) is 19.6 Å². The first-order chi connectivity index (χ1) is 15.2. The number of amides is 2. The third-order valence-corrected chi connectivity index (χ3v) is 7.43. The molecule has 2 aliphatic heterocycles. The van der Waals surface area contributed by atoms with Gasteiger partial charge in [0.05, 0.1) is 10.6 Å². The minimum absolute atomic E-state index is 0.0561. The number of rotatable bonds is 5. The molecule has 4 rings (SSSR count). The summed E-state index contributed by atoms with van der Waals surface area (Å²) < 4.78 is 38.4. The van der Waals surface area contributed by atoms with Crippen molar-refractivity contribution in [3.05, 3.63) is 47.5 Å². The zero-order valence-electron chi connectivity index (χ0n) is 17.3. The van der Waals surface area contributed by atoms with Crippen LogP contribution < -0.4 is 14.8 Å². The van der Waals surface area contributed by atoms with Crippen molar-refractivity contribution in [3.63, 3.8) is 0 Å². The molecule has 0 aliphatic carbocycles. The van der Waals surface area contributed by atoms with Gasteiger partial charge in [-0.2, -0.15) is 4.31 Å². The third kappa shape index (κ3) is 4.67. The number of piperazine rings is 1. The van der Waals surface area contributed by atoms with Crippen LogP contribution in [0.5, 0.6) is 11.5 Å². The molecule has 2 aromatic rings. The van der Waals surface area contributed by atoms with Crippen LogP contribution in [0.25, 0.3) is 0 Å². The van der Waals surface area contributed by atoms with Crippen molar-refractivity contribution < 1.29 is 27.5 Å². The molecule has 1 atom stereocenters. The van der Waals surface area contributed by atoms with Crippen LogP contribution in [-0.4, -0.2) is 68.3 Å². The predicted octanol–water partition coefficient (Wildman–Crippen LogP) is 1.97. The molecule has 0 bridgehead atoms. The molecule has 1 fully saturated rings. The van der Waals surface area contributed by atoms with Crippen molar-refractivity contribution in [2.24, 2.45) is 0 Å². The van der Waals surface area contributed by atoms with Gasteiger partial charge < -0.3 is 19.7 Å². The summed E-state index contributed by atoms with van der Waals surface area (Å²) in [7, 11) is -3.79. The number of halogens is 1. The Morgan fingerprint density at radius 2 is 1.84 bits per heavy atom. The summed E-state index contributed by atoms with van der Waals surface area (Å²) in [6.45, 7) is 2.30. The Kier molecular flexibility index (Phi) is 6.27. The van der Waals surface area contributed by atoms with Gasteiger partial charge in [-0.15, -0.1) is 0 Å². The van der Waals surface area contributed by atoms with Crippen molar-refractivity contribution >= 4 is 39.1 Å². The molecular weight excluding hydrogens is 458 g/mol. The number of sulfonamides is 1. The maximum atomic E-state index is 13.1. The van der Waals surface area contributed by atoms with E-state index in [1.54, 1.807) is 36.1 Å². The van der Waals surface area contributed by atoms with E-state index in [9.17, 15) is 18.0 Å². The van der Waals surface area contributed by atoms with Crippen molar-refractivity contribution in [2.75, 3.05) is 38.1 Å². The molecule has 0 aromatic heterocycles. The van der Waals surface area contributed by atoms with Crippen LogP contribution in [0, 0.1) is 0 Å². The first-order valence-corrected chi connectivity index (χ1v) is 11.8. The SMILES string of the molecule is CC1Oc2ccc(S(=O)(=O)N3CCN(C(=O)COc4ccc(Cl)cc4)CC3)cc2NC1=O. The minimum atomic E-state index is -3.79. The first kappa shape index (κ1) is 22.4. The van der Waals surface area contributed by atoms with Gasteiger partial charge in [0.25, 0.3) is 11.8 Å². The Hall–Kier alpha value is -2.82. The normalized spacial score (nSPS) is 19.0. The van der Waals surface area contributed by atoms with Crippen molar-refractivity contribution in [2.45, 2.75) is 17.9 Å². The quantitative estimate of drug-likeness (QED) is 0.703. The number of hydrogen-bond donors (Lipinski definition) is 1. The van der Waals surface area contributed by atoms with Crippen LogP contribution in [0.3, 0.4) is 0 Å². The summed E-state index contributed by atoms with van der Waals surface area (Å²) in [5, 5.41) is 3.23. The Labute approximate surface area is 190 Å². The second-order valence-electron chi connectivity index (χ2n) is 7.43. The highest BCUT2D eigenvalue weighted by molar-refractivity contribution is 7.89. The zero-order chi connectivity index (χ0) is 22.9. The molecule has 1 N–H and O–H groups in total. The fourth-order valence-electron chi connectivity index (χ4n) is 3.44. The lowest BCUT2D eigenvalue weighted by atomic mass is 10.2. The number of fused-ring (bicyclic) bond motifs is 1. The Balaban J connectivity index is 1.36. The van der Waals surface area contributed by atoms with Gasteiger partial charge in [0.2, 0.25) is 10.0 Å². The molecule has 1 unspecified atom stereocenters. The minimum Gasteiger partial charge on any atom is -0.484 e. The number of anilines is 1. The fourth-order valence-corrected chi connectivity index (χ4v) is 5.02. The summed E-state index contributed by atoms with van der Waals surface area (Å²) in [6.07, 6.45) is -0.640. The van der Waals surface area contributed by atoms with Crippen LogP contribution in [0.1, 0.15) is 6.92 Å². The van der Waals surface area contributed by atoms with Crippen molar-refractivity contribution in [1.82, 2.24) is 9.21 Å². The highest BCUT2D eigenvalue weighted by Crippen LogP contribution is 2.33. The van der Waals surface area contributed by atoms with E-state index in [0.29, 0.717) is 22.2 Å². The number of benzene rings is 2. The van der Waals surface area contributed by atoms with Gasteiger partial charge in [-0.1, -0.05) is 11.6 Å². The van der Waals surface area contributed by atoms with Crippen molar-refractivity contribution in [3.8, 4) is 11.5 Å². The van der Waals surface area contributed by atoms with Gasteiger partial charge in [0.15, 0.2) is 12.7 Å². The van der Waals surface area contributed by atoms with E-state index >= 15 is 0 Å². The van der Waals surface area contributed by atoms with Gasteiger partial charge in [-0.05, 0) is 49.4 Å². The number of nitrogens with one attached hydrogen (secondary N) is 1. The molecule has 0 spiro atoms. The molecule has 170 valence electrons. The van der Waals surface area contributed by atoms with E-state index in [1.165, 1.54) is 22.5 Å². The number of nitrogens with zero attached hydrogens (tertiary/aromatic N) is 2. The molecule has 1 saturated heterocycles. The maximum Gasteiger partial charge on any atom is 0.265 e. The zero-order valence-corrected chi connectivity index (χ0v) is 18.9. The van der Waals surface area contributed by atoms with E-state index in [-0.39, 0.29) is 49.5 Å². The summed E-state index contributed by atoms with van der Waals surface area (Å²) in [5.74, 6) is 0.397. The highest BCUT2D eigenvalue weighted by Gasteiger charge is 2.32. The highest BCUT2D eigenvalue weighted by atomic mass is 35.5. The lowest BCUT2D eigenvalue weighted by Crippen LogP contribution is -2.51. The summed E-state index contributed by atoms with van der Waals surface area (Å²) in [5.41, 5.74) is 0.322. The third-order valence-electron chi connectivity index (χ3n) is 5.29. The lowest BCUT2D eigenvalue weighted by molar-refractivity contribution is -0.134. The topological polar surface area (TPSA) is 105 Å². The average Bonchev–Trinajstić information content (AvgIpc) is 2.79. The van der Waals surface area contributed by atoms with Crippen LogP contribution in [0.15, 0.2) is 47.4 Å². The van der Waals surface area contributed by atoms with Crippen molar-refractivity contribution in [1.29, 1.82) is 0 Å². The molecule has 11 heteroatoms. The Morgan fingerprint density at radius 3 is 2.53 bits per heavy atom. The van der Waals surface area contributed by atoms with E-state index in [1.807, 2.05) is 0 Å². The fraction of sp³-hybridized carbons (Fsp3) is 0.333.